The van der Waals surface area contributed by atoms with Gasteiger partial charge in [-0.2, -0.15) is 0 Å². The van der Waals surface area contributed by atoms with Gasteiger partial charge < -0.3 is 4.42 Å². The molecule has 0 atom stereocenters. The van der Waals surface area contributed by atoms with Crippen LogP contribution in [0.5, 0.6) is 0 Å². The molecular weight excluding hydrogens is 338 g/mol. The summed E-state index contributed by atoms with van der Waals surface area (Å²) < 4.78 is 6.10. The number of benzene rings is 2. The van der Waals surface area contributed by atoms with Gasteiger partial charge >= 0.3 is 0 Å². The molecule has 4 aromatic rings. The molecule has 0 amide bonds. The fourth-order valence-corrected chi connectivity index (χ4v) is 3.06. The van der Waals surface area contributed by atoms with Crippen LogP contribution in [0.2, 0.25) is 0 Å². The Hall–Kier alpha value is -3.53. The van der Waals surface area contributed by atoms with Crippen LogP contribution in [0.15, 0.2) is 71.3 Å². The van der Waals surface area contributed by atoms with Crippen molar-refractivity contribution in [2.75, 3.05) is 0 Å². The van der Waals surface area contributed by atoms with Gasteiger partial charge in [0.25, 0.3) is 0 Å². The van der Waals surface area contributed by atoms with E-state index in [2.05, 4.69) is 4.98 Å². The van der Waals surface area contributed by atoms with Crippen molar-refractivity contribution in [1.29, 1.82) is 0 Å². The highest BCUT2D eigenvalue weighted by Gasteiger charge is 2.13. The van der Waals surface area contributed by atoms with E-state index in [1.54, 1.807) is 32.2 Å². The first kappa shape index (κ1) is 16.9. The summed E-state index contributed by atoms with van der Waals surface area (Å²) in [5, 5.41) is 0. The molecule has 4 rings (SSSR count). The molecule has 0 aliphatic carbocycles. The Kier molecular flexibility index (Phi) is 4.16. The minimum absolute atomic E-state index is 0.0316. The highest BCUT2D eigenvalue weighted by Crippen LogP contribution is 2.33. The van der Waals surface area contributed by atoms with Crippen molar-refractivity contribution < 1.29 is 14.0 Å². The van der Waals surface area contributed by atoms with Gasteiger partial charge in [-0.25, -0.2) is 0 Å². The Morgan fingerprint density at radius 3 is 1.89 bits per heavy atom. The van der Waals surface area contributed by atoms with Gasteiger partial charge in [0.1, 0.15) is 11.3 Å². The lowest BCUT2D eigenvalue weighted by atomic mass is 10.0. The number of aromatic nitrogens is 1. The molecule has 0 radical (unpaired) electrons. The van der Waals surface area contributed by atoms with Gasteiger partial charge in [0, 0.05) is 34.5 Å². The second-order valence-corrected chi connectivity index (χ2v) is 6.45. The van der Waals surface area contributed by atoms with E-state index < -0.39 is 0 Å². The molecule has 0 unspecified atom stereocenters. The Bertz CT molecular complexity index is 1150. The average Bonchev–Trinajstić information content (AvgIpc) is 3.12. The molecule has 0 spiro atoms. The van der Waals surface area contributed by atoms with Crippen molar-refractivity contribution >= 4 is 22.7 Å². The van der Waals surface area contributed by atoms with Crippen LogP contribution < -0.4 is 0 Å². The first-order valence-corrected chi connectivity index (χ1v) is 8.64. The van der Waals surface area contributed by atoms with E-state index in [0.29, 0.717) is 22.5 Å². The van der Waals surface area contributed by atoms with E-state index in [4.69, 9.17) is 4.42 Å². The monoisotopic (exact) mass is 355 g/mol. The highest BCUT2D eigenvalue weighted by atomic mass is 16.3. The van der Waals surface area contributed by atoms with Crippen molar-refractivity contribution in [2.45, 2.75) is 13.8 Å². The van der Waals surface area contributed by atoms with Gasteiger partial charge in [0.15, 0.2) is 17.1 Å². The van der Waals surface area contributed by atoms with Crippen molar-refractivity contribution in [3.8, 4) is 22.5 Å². The fraction of sp³-hybridized carbons (Fsp3) is 0.0870. The van der Waals surface area contributed by atoms with E-state index in [-0.39, 0.29) is 11.6 Å². The van der Waals surface area contributed by atoms with Crippen LogP contribution in [0.4, 0.5) is 0 Å². The maximum atomic E-state index is 11.5. The quantitative estimate of drug-likeness (QED) is 0.449. The summed E-state index contributed by atoms with van der Waals surface area (Å²) in [6, 6.07) is 18.6. The number of Topliss-reactive ketones (excluding diaryl/α,β-unsaturated/α-hetero) is 2. The smallest absolute Gasteiger partial charge is 0.161 e. The molecule has 4 heteroatoms. The number of furan rings is 1. The number of rotatable bonds is 4. The van der Waals surface area contributed by atoms with Gasteiger partial charge in [-0.3, -0.25) is 14.6 Å². The number of pyridine rings is 1. The summed E-state index contributed by atoms with van der Waals surface area (Å²) in [4.78, 5) is 27.3. The number of hydrogen-bond donors (Lipinski definition) is 0. The van der Waals surface area contributed by atoms with Gasteiger partial charge in [-0.15, -0.1) is 0 Å². The SMILES string of the molecule is CC(=O)c1ccc(-c2cc3nccc(-c4ccc(C(C)=O)cc4)c3o2)cc1. The number of carbonyl (C=O) groups excluding carboxylic acids is 2. The maximum Gasteiger partial charge on any atom is 0.161 e. The van der Waals surface area contributed by atoms with Crippen molar-refractivity contribution in [1.82, 2.24) is 4.98 Å². The van der Waals surface area contributed by atoms with Crippen LogP contribution in [-0.2, 0) is 0 Å². The van der Waals surface area contributed by atoms with Gasteiger partial charge in [-0.1, -0.05) is 48.5 Å². The Morgan fingerprint density at radius 2 is 1.33 bits per heavy atom. The van der Waals surface area contributed by atoms with E-state index >= 15 is 0 Å². The van der Waals surface area contributed by atoms with E-state index in [0.717, 1.165) is 22.2 Å². The number of fused-ring (bicyclic) bond motifs is 1. The first-order chi connectivity index (χ1) is 13.0. The van der Waals surface area contributed by atoms with Crippen LogP contribution in [0.25, 0.3) is 33.6 Å². The van der Waals surface area contributed by atoms with E-state index in [9.17, 15) is 9.59 Å². The molecule has 0 saturated carbocycles. The largest absolute Gasteiger partial charge is 0.454 e. The third kappa shape index (κ3) is 3.17. The molecule has 0 aliphatic rings. The molecule has 0 fully saturated rings. The molecule has 0 saturated heterocycles. The Labute approximate surface area is 156 Å². The molecular formula is C23H17NO3. The van der Waals surface area contributed by atoms with Crippen molar-refractivity contribution in [3.63, 3.8) is 0 Å². The molecule has 0 bridgehead atoms. The first-order valence-electron chi connectivity index (χ1n) is 8.64. The third-order valence-electron chi connectivity index (χ3n) is 4.59. The second kappa shape index (κ2) is 6.65. The normalized spacial score (nSPS) is 10.9. The number of carbonyl (C=O) groups is 2. The highest BCUT2D eigenvalue weighted by molar-refractivity contribution is 5.97. The standard InChI is InChI=1S/C23H17NO3/c1-14(25)16-3-7-18(8-4-16)20-11-12-24-21-13-22(27-23(20)21)19-9-5-17(6-10-19)15(2)26/h3-13H,1-2H3. The Morgan fingerprint density at radius 1 is 0.778 bits per heavy atom. The zero-order valence-corrected chi connectivity index (χ0v) is 15.0. The lowest BCUT2D eigenvalue weighted by Gasteiger charge is -2.03. The van der Waals surface area contributed by atoms with Crippen LogP contribution in [0, 0.1) is 0 Å². The summed E-state index contributed by atoms with van der Waals surface area (Å²) in [7, 11) is 0. The average molecular weight is 355 g/mol. The zero-order chi connectivity index (χ0) is 19.0. The summed E-state index contributed by atoms with van der Waals surface area (Å²) >= 11 is 0. The van der Waals surface area contributed by atoms with E-state index in [1.165, 1.54) is 0 Å². The minimum Gasteiger partial charge on any atom is -0.454 e. The third-order valence-corrected chi connectivity index (χ3v) is 4.59. The number of nitrogens with zero attached hydrogens (tertiary/aromatic N) is 1. The minimum atomic E-state index is 0.0316. The second-order valence-electron chi connectivity index (χ2n) is 6.45. The number of hydrogen-bond acceptors (Lipinski definition) is 4. The summed E-state index contributed by atoms with van der Waals surface area (Å²) in [6.07, 6.45) is 1.74. The van der Waals surface area contributed by atoms with Gasteiger partial charge in [-0.05, 0) is 25.5 Å². The summed E-state index contributed by atoms with van der Waals surface area (Å²) in [5.74, 6) is 0.764. The lowest BCUT2D eigenvalue weighted by Crippen LogP contribution is -1.91. The van der Waals surface area contributed by atoms with Crippen LogP contribution in [0.1, 0.15) is 34.6 Å². The van der Waals surface area contributed by atoms with Crippen LogP contribution in [-0.4, -0.2) is 16.6 Å². The van der Waals surface area contributed by atoms with Crippen LogP contribution >= 0.6 is 0 Å². The van der Waals surface area contributed by atoms with Gasteiger partial charge in [0.05, 0.1) is 0 Å². The maximum absolute atomic E-state index is 11.5. The summed E-state index contributed by atoms with van der Waals surface area (Å²) in [5.41, 5.74) is 5.55. The van der Waals surface area contributed by atoms with Crippen molar-refractivity contribution in [2.24, 2.45) is 0 Å². The lowest BCUT2D eigenvalue weighted by molar-refractivity contribution is 0.100. The number of ketones is 2. The van der Waals surface area contributed by atoms with Gasteiger partial charge in [0.2, 0.25) is 0 Å². The van der Waals surface area contributed by atoms with Crippen molar-refractivity contribution in [3.05, 3.63) is 78.0 Å². The molecule has 27 heavy (non-hydrogen) atoms. The molecule has 4 nitrogen and oxygen atoms in total. The molecule has 0 aliphatic heterocycles. The topological polar surface area (TPSA) is 60.2 Å². The fourth-order valence-electron chi connectivity index (χ4n) is 3.06. The van der Waals surface area contributed by atoms with E-state index in [1.807, 2.05) is 48.5 Å². The molecule has 2 heterocycles. The molecule has 132 valence electrons. The molecule has 2 aromatic heterocycles. The predicted octanol–water partition coefficient (Wildman–Crippen LogP) is 5.57. The van der Waals surface area contributed by atoms with Crippen LogP contribution in [0.3, 0.4) is 0 Å². The zero-order valence-electron chi connectivity index (χ0n) is 15.0. The molecule has 2 aromatic carbocycles. The predicted molar refractivity (Wildman–Crippen MR) is 105 cm³/mol. The molecule has 0 N–H and O–H groups in total. The Balaban J connectivity index is 1.78. The summed E-state index contributed by atoms with van der Waals surface area (Å²) in [6.45, 7) is 3.10.